The predicted octanol–water partition coefficient (Wildman–Crippen LogP) is 4.27. The average molecular weight is 398 g/mol. The van der Waals surface area contributed by atoms with Crippen LogP contribution in [0.4, 0.5) is 5.69 Å². The van der Waals surface area contributed by atoms with E-state index in [0.29, 0.717) is 17.5 Å². The van der Waals surface area contributed by atoms with Gasteiger partial charge in [0.1, 0.15) is 5.78 Å². The number of nitrogens with zero attached hydrogens (tertiary/aromatic N) is 2. The van der Waals surface area contributed by atoms with E-state index in [1.807, 2.05) is 30.6 Å². The van der Waals surface area contributed by atoms with Gasteiger partial charge in [0.15, 0.2) is 0 Å². The summed E-state index contributed by atoms with van der Waals surface area (Å²) in [5.41, 5.74) is 4.65. The normalized spacial score (nSPS) is 14.5. The lowest BCUT2D eigenvalue weighted by atomic mass is 9.73. The predicted molar refractivity (Wildman–Crippen MR) is 117 cm³/mol. The summed E-state index contributed by atoms with van der Waals surface area (Å²) in [6.45, 7) is 12.2. The maximum atomic E-state index is 11.8. The lowest BCUT2D eigenvalue weighted by Gasteiger charge is -2.37. The van der Waals surface area contributed by atoms with Crippen molar-refractivity contribution in [3.63, 3.8) is 0 Å². The molecule has 0 spiro atoms. The van der Waals surface area contributed by atoms with E-state index in [4.69, 9.17) is 11.6 Å². The van der Waals surface area contributed by atoms with Gasteiger partial charge in [-0.1, -0.05) is 38.1 Å². The third-order valence-corrected chi connectivity index (χ3v) is 5.96. The van der Waals surface area contributed by atoms with Crippen LogP contribution in [-0.2, 0) is 16.6 Å². The molecule has 1 aliphatic heterocycles. The minimum Gasteiger partial charge on any atom is -0.368 e. The van der Waals surface area contributed by atoms with Crippen molar-refractivity contribution in [3.8, 4) is 0 Å². The van der Waals surface area contributed by atoms with Gasteiger partial charge in [0, 0.05) is 43.2 Å². The Hall–Kier alpha value is -2.17. The third kappa shape index (κ3) is 4.13. The Bertz CT molecular complexity index is 902. The first-order valence-corrected chi connectivity index (χ1v) is 9.94. The van der Waals surface area contributed by atoms with Crippen molar-refractivity contribution in [1.82, 2.24) is 10.3 Å². The summed E-state index contributed by atoms with van der Waals surface area (Å²) in [6.07, 6.45) is 4.14. The Balaban J connectivity index is 1.95. The zero-order chi connectivity index (χ0) is 20.5. The molecule has 0 amide bonds. The minimum atomic E-state index is -0.396. The number of carbonyl (C=O) groups excluding carboxylic acids is 1. The Labute approximate surface area is 172 Å². The molecule has 1 aromatic carbocycles. The summed E-state index contributed by atoms with van der Waals surface area (Å²) in [4.78, 5) is 18.5. The highest BCUT2D eigenvalue weighted by Crippen LogP contribution is 2.40. The molecule has 0 bridgehead atoms. The molecule has 2 heterocycles. The van der Waals surface area contributed by atoms with E-state index in [1.165, 1.54) is 0 Å². The number of halogens is 1. The molecule has 148 valence electrons. The molecule has 0 saturated carbocycles. The molecule has 28 heavy (non-hydrogen) atoms. The van der Waals surface area contributed by atoms with Gasteiger partial charge in [-0.25, -0.2) is 0 Å². The van der Waals surface area contributed by atoms with Crippen LogP contribution < -0.4 is 10.2 Å². The number of rotatable bonds is 7. The van der Waals surface area contributed by atoms with Crippen LogP contribution in [0.15, 0.2) is 43.2 Å². The number of likely N-dealkylation sites (N-methyl/N-ethyl adjacent to an activating group) is 1. The fraction of sp³-hybridized carbons (Fsp3) is 0.391. The molecular formula is C23H28ClN3O. The van der Waals surface area contributed by atoms with Crippen molar-refractivity contribution >= 4 is 28.6 Å². The van der Waals surface area contributed by atoms with Crippen LogP contribution in [-0.4, -0.2) is 36.9 Å². The van der Waals surface area contributed by atoms with Gasteiger partial charge >= 0.3 is 0 Å². The van der Waals surface area contributed by atoms with Gasteiger partial charge in [0.05, 0.1) is 17.9 Å². The number of pyridine rings is 1. The van der Waals surface area contributed by atoms with Gasteiger partial charge in [0.25, 0.3) is 0 Å². The Kier molecular flexibility index (Phi) is 5.92. The minimum absolute atomic E-state index is 0.129. The number of ketones is 1. The van der Waals surface area contributed by atoms with Gasteiger partial charge < -0.3 is 10.2 Å². The summed E-state index contributed by atoms with van der Waals surface area (Å²) < 4.78 is 0. The zero-order valence-electron chi connectivity index (χ0n) is 17.1. The Morgan fingerprint density at radius 3 is 2.64 bits per heavy atom. The molecule has 0 radical (unpaired) electrons. The SMILES string of the molecule is C=C(c1cncc(N(C)C2CNC2)c1)C(C)(C)c1cc(Cl)ccc1CC(C)=O. The third-order valence-electron chi connectivity index (χ3n) is 5.73. The molecule has 3 rings (SSSR count). The monoisotopic (exact) mass is 397 g/mol. The van der Waals surface area contributed by atoms with Crippen molar-refractivity contribution in [1.29, 1.82) is 0 Å². The second kappa shape index (κ2) is 8.06. The maximum Gasteiger partial charge on any atom is 0.134 e. The standard InChI is InChI=1S/C23H28ClN3O/c1-15(28)8-17-6-7-19(24)10-22(17)23(3,4)16(2)18-9-20(12-25-11-18)27(5)21-13-26-14-21/h6-7,9-12,21,26H,2,8,13-14H2,1,3-5H3. The first-order valence-electron chi connectivity index (χ1n) is 9.57. The number of hydrogen-bond donors (Lipinski definition) is 1. The molecule has 1 saturated heterocycles. The quantitative estimate of drug-likeness (QED) is 0.757. The fourth-order valence-corrected chi connectivity index (χ4v) is 3.79. The topological polar surface area (TPSA) is 45.2 Å². The van der Waals surface area contributed by atoms with E-state index >= 15 is 0 Å². The van der Waals surface area contributed by atoms with E-state index in [9.17, 15) is 4.79 Å². The fourth-order valence-electron chi connectivity index (χ4n) is 3.62. The van der Waals surface area contributed by atoms with Gasteiger partial charge in [-0.05, 0) is 47.4 Å². The van der Waals surface area contributed by atoms with Crippen LogP contribution in [0.1, 0.15) is 37.5 Å². The molecule has 1 fully saturated rings. The van der Waals surface area contributed by atoms with E-state index in [1.54, 1.807) is 6.92 Å². The van der Waals surface area contributed by atoms with Crippen molar-refractivity contribution in [2.75, 3.05) is 25.0 Å². The summed E-state index contributed by atoms with van der Waals surface area (Å²) in [5.74, 6) is 0.129. The van der Waals surface area contributed by atoms with E-state index in [0.717, 1.165) is 41.0 Å². The molecule has 1 N–H and O–H groups in total. The van der Waals surface area contributed by atoms with Crippen molar-refractivity contribution in [2.24, 2.45) is 0 Å². The second-order valence-electron chi connectivity index (χ2n) is 8.14. The van der Waals surface area contributed by atoms with Crippen molar-refractivity contribution in [3.05, 3.63) is 65.0 Å². The molecule has 4 nitrogen and oxygen atoms in total. The average Bonchev–Trinajstić information content (AvgIpc) is 2.60. The lowest BCUT2D eigenvalue weighted by molar-refractivity contribution is -0.116. The van der Waals surface area contributed by atoms with Crippen LogP contribution in [0.5, 0.6) is 0 Å². The number of benzene rings is 1. The smallest absolute Gasteiger partial charge is 0.134 e. The maximum absolute atomic E-state index is 11.8. The highest BCUT2D eigenvalue weighted by Gasteiger charge is 2.29. The van der Waals surface area contributed by atoms with E-state index < -0.39 is 5.41 Å². The summed E-state index contributed by atoms with van der Waals surface area (Å²) >= 11 is 6.29. The highest BCUT2D eigenvalue weighted by atomic mass is 35.5. The molecule has 0 aliphatic carbocycles. The zero-order valence-corrected chi connectivity index (χ0v) is 17.8. The number of hydrogen-bond acceptors (Lipinski definition) is 4. The largest absolute Gasteiger partial charge is 0.368 e. The Morgan fingerprint density at radius 1 is 1.32 bits per heavy atom. The summed E-state index contributed by atoms with van der Waals surface area (Å²) in [6, 6.07) is 8.37. The summed E-state index contributed by atoms with van der Waals surface area (Å²) in [5, 5.41) is 3.96. The molecule has 1 aromatic heterocycles. The van der Waals surface area contributed by atoms with Gasteiger partial charge in [-0.2, -0.15) is 0 Å². The summed E-state index contributed by atoms with van der Waals surface area (Å²) in [7, 11) is 2.10. The number of anilines is 1. The number of Topliss-reactive ketones (excluding diaryl/α,β-unsaturated/α-hetero) is 1. The van der Waals surface area contributed by atoms with Crippen molar-refractivity contribution in [2.45, 2.75) is 38.6 Å². The highest BCUT2D eigenvalue weighted by molar-refractivity contribution is 6.30. The van der Waals surface area contributed by atoms with Gasteiger partial charge in [-0.3, -0.25) is 9.78 Å². The van der Waals surface area contributed by atoms with Gasteiger partial charge in [-0.15, -0.1) is 0 Å². The van der Waals surface area contributed by atoms with Crippen LogP contribution in [0.25, 0.3) is 5.57 Å². The molecule has 5 heteroatoms. The van der Waals surface area contributed by atoms with Crippen LogP contribution in [0.2, 0.25) is 5.02 Å². The lowest BCUT2D eigenvalue weighted by Crippen LogP contribution is -2.56. The van der Waals surface area contributed by atoms with Crippen LogP contribution in [0, 0.1) is 0 Å². The Morgan fingerprint density at radius 2 is 2.04 bits per heavy atom. The molecular weight excluding hydrogens is 370 g/mol. The van der Waals surface area contributed by atoms with Crippen molar-refractivity contribution < 1.29 is 4.79 Å². The number of allylic oxidation sites excluding steroid dienone is 1. The van der Waals surface area contributed by atoms with Crippen LogP contribution >= 0.6 is 11.6 Å². The molecule has 0 unspecified atom stereocenters. The number of nitrogens with one attached hydrogen (secondary N) is 1. The first-order chi connectivity index (χ1) is 13.2. The number of carbonyl (C=O) groups is 1. The second-order valence-corrected chi connectivity index (χ2v) is 8.58. The molecule has 1 aliphatic rings. The van der Waals surface area contributed by atoms with E-state index in [-0.39, 0.29) is 5.78 Å². The first kappa shape index (κ1) is 20.6. The number of aromatic nitrogens is 1. The molecule has 0 atom stereocenters. The van der Waals surface area contributed by atoms with Crippen LogP contribution in [0.3, 0.4) is 0 Å². The van der Waals surface area contributed by atoms with Gasteiger partial charge in [0.2, 0.25) is 0 Å². The molecule has 2 aromatic rings. The van der Waals surface area contributed by atoms with E-state index in [2.05, 4.69) is 48.7 Å².